The van der Waals surface area contributed by atoms with Gasteiger partial charge in [-0.2, -0.15) is 0 Å². The third-order valence-corrected chi connectivity index (χ3v) is 3.47. The van der Waals surface area contributed by atoms with Crippen LogP contribution in [0.5, 0.6) is 0 Å². The van der Waals surface area contributed by atoms with Crippen LogP contribution in [0.4, 0.5) is 5.82 Å². The predicted octanol–water partition coefficient (Wildman–Crippen LogP) is 1.10. The number of anilines is 1. The van der Waals surface area contributed by atoms with E-state index in [9.17, 15) is 0 Å². The zero-order valence-electron chi connectivity index (χ0n) is 10.6. The van der Waals surface area contributed by atoms with Gasteiger partial charge in [0.1, 0.15) is 5.82 Å². The Bertz CT molecular complexity index is 359. The van der Waals surface area contributed by atoms with Gasteiger partial charge in [0.2, 0.25) is 0 Å². The average Bonchev–Trinajstić information content (AvgIpc) is 2.39. The summed E-state index contributed by atoms with van der Waals surface area (Å²) < 4.78 is 0. The fourth-order valence-corrected chi connectivity index (χ4v) is 2.34. The topological polar surface area (TPSA) is 39.6 Å². The molecule has 1 aliphatic heterocycles. The van der Waals surface area contributed by atoms with Crippen molar-refractivity contribution in [3.05, 3.63) is 23.9 Å². The van der Waals surface area contributed by atoms with Crippen molar-refractivity contribution >= 4 is 5.82 Å². The summed E-state index contributed by atoms with van der Waals surface area (Å²) in [4.78, 5) is 9.05. The second-order valence-corrected chi connectivity index (χ2v) is 4.83. The van der Waals surface area contributed by atoms with Crippen LogP contribution in [0.3, 0.4) is 0 Å². The molecule has 0 atom stereocenters. The highest BCUT2D eigenvalue weighted by Gasteiger charge is 2.21. The smallest absolute Gasteiger partial charge is 0.128 e. The van der Waals surface area contributed by atoms with E-state index >= 15 is 0 Å². The molecule has 17 heavy (non-hydrogen) atoms. The number of hydrogen-bond donors (Lipinski definition) is 1. The first-order valence-electron chi connectivity index (χ1n) is 6.19. The molecule has 0 spiro atoms. The molecule has 0 unspecified atom stereocenters. The Kier molecular flexibility index (Phi) is 3.97. The van der Waals surface area contributed by atoms with Crippen LogP contribution in [-0.4, -0.2) is 48.2 Å². The van der Waals surface area contributed by atoms with Gasteiger partial charge in [0.25, 0.3) is 0 Å². The van der Waals surface area contributed by atoms with Gasteiger partial charge >= 0.3 is 0 Å². The maximum absolute atomic E-state index is 9.09. The first kappa shape index (κ1) is 12.3. The standard InChI is InChI=1S/C13H21N3O/c1-15(2)12-6-8-16(9-7-12)13-5-3-4-11(10-17)14-13/h3-5,12,17H,6-10H2,1-2H3. The third-order valence-electron chi connectivity index (χ3n) is 3.47. The largest absolute Gasteiger partial charge is 0.390 e. The summed E-state index contributed by atoms with van der Waals surface area (Å²) in [7, 11) is 4.29. The van der Waals surface area contributed by atoms with Gasteiger partial charge in [-0.1, -0.05) is 6.07 Å². The summed E-state index contributed by atoms with van der Waals surface area (Å²) in [5, 5.41) is 9.09. The number of pyridine rings is 1. The van der Waals surface area contributed by atoms with Crippen LogP contribution in [0.2, 0.25) is 0 Å². The molecule has 0 amide bonds. The molecule has 4 nitrogen and oxygen atoms in total. The lowest BCUT2D eigenvalue weighted by Crippen LogP contribution is -2.42. The van der Waals surface area contributed by atoms with Crippen LogP contribution in [0, 0.1) is 0 Å². The van der Waals surface area contributed by atoms with Crippen molar-refractivity contribution in [3.63, 3.8) is 0 Å². The summed E-state index contributed by atoms with van der Waals surface area (Å²) in [6.45, 7) is 2.11. The van der Waals surface area contributed by atoms with E-state index in [1.54, 1.807) is 0 Å². The van der Waals surface area contributed by atoms with Gasteiger partial charge in [-0.05, 0) is 39.1 Å². The van der Waals surface area contributed by atoms with Gasteiger partial charge in [0.05, 0.1) is 12.3 Å². The van der Waals surface area contributed by atoms with Gasteiger partial charge in [-0.25, -0.2) is 4.98 Å². The van der Waals surface area contributed by atoms with Crippen LogP contribution >= 0.6 is 0 Å². The van der Waals surface area contributed by atoms with Crippen molar-refractivity contribution in [1.82, 2.24) is 9.88 Å². The number of rotatable bonds is 3. The molecule has 1 aliphatic rings. The van der Waals surface area contributed by atoms with E-state index < -0.39 is 0 Å². The molecular weight excluding hydrogens is 214 g/mol. The van der Waals surface area contributed by atoms with Gasteiger partial charge in [0, 0.05) is 19.1 Å². The molecule has 0 aliphatic carbocycles. The SMILES string of the molecule is CN(C)C1CCN(c2cccc(CO)n2)CC1. The average molecular weight is 235 g/mol. The quantitative estimate of drug-likeness (QED) is 0.852. The van der Waals surface area contributed by atoms with Crippen molar-refractivity contribution in [3.8, 4) is 0 Å². The Balaban J connectivity index is 2.00. The predicted molar refractivity (Wildman–Crippen MR) is 69.1 cm³/mol. The molecule has 2 rings (SSSR count). The Morgan fingerprint density at radius 2 is 2.06 bits per heavy atom. The van der Waals surface area contributed by atoms with Crippen molar-refractivity contribution in [2.45, 2.75) is 25.5 Å². The van der Waals surface area contributed by atoms with Crippen LogP contribution in [0.15, 0.2) is 18.2 Å². The summed E-state index contributed by atoms with van der Waals surface area (Å²) in [6, 6.07) is 6.53. The van der Waals surface area contributed by atoms with E-state index in [4.69, 9.17) is 5.11 Å². The van der Waals surface area contributed by atoms with Gasteiger partial charge in [0.15, 0.2) is 0 Å². The Hall–Kier alpha value is -1.13. The molecule has 0 saturated carbocycles. The number of nitrogens with zero attached hydrogens (tertiary/aromatic N) is 3. The number of aliphatic hydroxyl groups excluding tert-OH is 1. The number of piperidine rings is 1. The fraction of sp³-hybridized carbons (Fsp3) is 0.615. The number of aliphatic hydroxyl groups is 1. The Morgan fingerprint density at radius 3 is 2.65 bits per heavy atom. The molecule has 0 aromatic carbocycles. The van der Waals surface area contributed by atoms with Crippen LogP contribution in [-0.2, 0) is 6.61 Å². The minimum atomic E-state index is 0.0159. The summed E-state index contributed by atoms with van der Waals surface area (Å²) in [5.74, 6) is 0.994. The second-order valence-electron chi connectivity index (χ2n) is 4.83. The molecule has 4 heteroatoms. The summed E-state index contributed by atoms with van der Waals surface area (Å²) in [6.07, 6.45) is 2.36. The van der Waals surface area contributed by atoms with Crippen molar-refractivity contribution < 1.29 is 5.11 Å². The van der Waals surface area contributed by atoms with E-state index in [0.717, 1.165) is 24.6 Å². The Morgan fingerprint density at radius 1 is 1.35 bits per heavy atom. The molecule has 1 N–H and O–H groups in total. The molecule has 1 saturated heterocycles. The lowest BCUT2D eigenvalue weighted by Gasteiger charge is -2.35. The number of aromatic nitrogens is 1. The van der Waals surface area contributed by atoms with Gasteiger partial charge in [-0.15, -0.1) is 0 Å². The molecule has 0 radical (unpaired) electrons. The van der Waals surface area contributed by atoms with E-state index in [1.165, 1.54) is 12.8 Å². The highest BCUT2D eigenvalue weighted by molar-refractivity contribution is 5.39. The highest BCUT2D eigenvalue weighted by atomic mass is 16.3. The van der Waals surface area contributed by atoms with Gasteiger partial charge < -0.3 is 14.9 Å². The summed E-state index contributed by atoms with van der Waals surface area (Å²) >= 11 is 0. The lowest BCUT2D eigenvalue weighted by molar-refractivity contribution is 0.249. The van der Waals surface area contributed by atoms with Crippen LogP contribution in [0.1, 0.15) is 18.5 Å². The van der Waals surface area contributed by atoms with E-state index in [0.29, 0.717) is 6.04 Å². The highest BCUT2D eigenvalue weighted by Crippen LogP contribution is 2.20. The minimum absolute atomic E-state index is 0.0159. The van der Waals surface area contributed by atoms with E-state index in [-0.39, 0.29) is 6.61 Å². The monoisotopic (exact) mass is 235 g/mol. The first-order valence-corrected chi connectivity index (χ1v) is 6.19. The maximum atomic E-state index is 9.09. The van der Waals surface area contributed by atoms with Crippen molar-refractivity contribution in [2.75, 3.05) is 32.1 Å². The maximum Gasteiger partial charge on any atom is 0.128 e. The fourth-order valence-electron chi connectivity index (χ4n) is 2.34. The van der Waals surface area contributed by atoms with Crippen LogP contribution < -0.4 is 4.90 Å². The van der Waals surface area contributed by atoms with Crippen LogP contribution in [0.25, 0.3) is 0 Å². The van der Waals surface area contributed by atoms with Crippen molar-refractivity contribution in [1.29, 1.82) is 0 Å². The second kappa shape index (κ2) is 5.47. The molecule has 1 aromatic heterocycles. The minimum Gasteiger partial charge on any atom is -0.390 e. The summed E-state index contributed by atoms with van der Waals surface area (Å²) in [5.41, 5.74) is 0.747. The zero-order valence-corrected chi connectivity index (χ0v) is 10.6. The molecule has 1 fully saturated rings. The molecule has 94 valence electrons. The Labute approximate surface area is 103 Å². The number of hydrogen-bond acceptors (Lipinski definition) is 4. The van der Waals surface area contributed by atoms with Crippen molar-refractivity contribution in [2.24, 2.45) is 0 Å². The molecule has 0 bridgehead atoms. The molecular formula is C13H21N3O. The van der Waals surface area contributed by atoms with E-state index in [2.05, 4.69) is 28.9 Å². The van der Waals surface area contributed by atoms with E-state index in [1.807, 2.05) is 18.2 Å². The van der Waals surface area contributed by atoms with Gasteiger partial charge in [-0.3, -0.25) is 0 Å². The molecule has 2 heterocycles. The molecule has 1 aromatic rings. The lowest BCUT2D eigenvalue weighted by atomic mass is 10.0. The normalized spacial score (nSPS) is 17.8. The third kappa shape index (κ3) is 2.96. The first-order chi connectivity index (χ1) is 8.20. The zero-order chi connectivity index (χ0) is 12.3.